The second-order valence-corrected chi connectivity index (χ2v) is 4.61. The Kier molecular flexibility index (Phi) is 10.8. The van der Waals surface area contributed by atoms with Crippen LogP contribution >= 0.6 is 9.24 Å². The van der Waals surface area contributed by atoms with E-state index in [1.165, 1.54) is 57.5 Å². The third-order valence-corrected chi connectivity index (χ3v) is 2.77. The fourth-order valence-electron chi connectivity index (χ4n) is 1.49. The van der Waals surface area contributed by atoms with Gasteiger partial charge in [-0.25, -0.2) is 0 Å². The average molecular weight is 203 g/mol. The highest BCUT2D eigenvalue weighted by atomic mass is 31.0. The monoisotopic (exact) mass is 203 g/mol. The van der Waals surface area contributed by atoms with Crippen LogP contribution in [-0.2, 0) is 0 Å². The van der Waals surface area contributed by atoms with E-state index < -0.39 is 0 Å². The van der Waals surface area contributed by atoms with Crippen LogP contribution < -0.4 is 5.73 Å². The van der Waals surface area contributed by atoms with Crippen molar-refractivity contribution in [3.63, 3.8) is 0 Å². The quantitative estimate of drug-likeness (QED) is 0.451. The molecule has 2 unspecified atom stereocenters. The second kappa shape index (κ2) is 10.5. The average Bonchev–Trinajstić information content (AvgIpc) is 2.09. The summed E-state index contributed by atoms with van der Waals surface area (Å²) in [5, 5.41) is 0. The van der Waals surface area contributed by atoms with Crippen molar-refractivity contribution in [2.45, 2.75) is 64.3 Å². The Morgan fingerprint density at radius 2 is 1.38 bits per heavy atom. The van der Waals surface area contributed by atoms with E-state index in [1.807, 2.05) is 0 Å². The summed E-state index contributed by atoms with van der Waals surface area (Å²) in [4.78, 5) is 0. The van der Waals surface area contributed by atoms with E-state index in [9.17, 15) is 0 Å². The van der Waals surface area contributed by atoms with E-state index in [-0.39, 0.29) is 0 Å². The molecule has 0 bridgehead atoms. The summed E-state index contributed by atoms with van der Waals surface area (Å²) in [6.07, 6.45) is 12.2. The summed E-state index contributed by atoms with van der Waals surface area (Å²) in [5.74, 6) is 0. The minimum atomic E-state index is 0.400. The van der Waals surface area contributed by atoms with E-state index in [0.29, 0.717) is 6.04 Å². The van der Waals surface area contributed by atoms with Crippen LogP contribution in [0.25, 0.3) is 0 Å². The Morgan fingerprint density at radius 1 is 0.923 bits per heavy atom. The highest BCUT2D eigenvalue weighted by Gasteiger charge is 1.94. The smallest absolute Gasteiger partial charge is 0.00104 e. The summed E-state index contributed by atoms with van der Waals surface area (Å²) in [5.41, 5.74) is 5.67. The van der Waals surface area contributed by atoms with Crippen LogP contribution in [0.2, 0.25) is 0 Å². The zero-order valence-electron chi connectivity index (χ0n) is 9.10. The third-order valence-electron chi connectivity index (χ3n) is 2.36. The van der Waals surface area contributed by atoms with Gasteiger partial charge in [0.25, 0.3) is 0 Å². The van der Waals surface area contributed by atoms with E-state index in [4.69, 9.17) is 5.73 Å². The molecule has 2 N–H and O–H groups in total. The van der Waals surface area contributed by atoms with Crippen molar-refractivity contribution in [2.75, 3.05) is 6.16 Å². The maximum atomic E-state index is 5.67. The van der Waals surface area contributed by atoms with E-state index >= 15 is 0 Å². The van der Waals surface area contributed by atoms with Gasteiger partial charge in [-0.1, -0.05) is 38.5 Å². The van der Waals surface area contributed by atoms with Gasteiger partial charge in [0.15, 0.2) is 0 Å². The molecule has 80 valence electrons. The van der Waals surface area contributed by atoms with Gasteiger partial charge in [0.1, 0.15) is 0 Å². The van der Waals surface area contributed by atoms with Gasteiger partial charge < -0.3 is 5.73 Å². The number of rotatable bonds is 9. The SMILES string of the molecule is CC(N)CCCCCCCCCP. The summed E-state index contributed by atoms with van der Waals surface area (Å²) < 4.78 is 0. The molecule has 0 saturated carbocycles. The predicted octanol–water partition coefficient (Wildman–Crippen LogP) is 3.33. The predicted molar refractivity (Wildman–Crippen MR) is 65.2 cm³/mol. The molecule has 13 heavy (non-hydrogen) atoms. The fourth-order valence-corrected chi connectivity index (χ4v) is 1.78. The summed E-state index contributed by atoms with van der Waals surface area (Å²) >= 11 is 0. The van der Waals surface area contributed by atoms with Gasteiger partial charge in [-0.2, -0.15) is 0 Å². The molecule has 0 heterocycles. The zero-order chi connectivity index (χ0) is 9.94. The molecule has 0 aromatic heterocycles. The van der Waals surface area contributed by atoms with Crippen LogP contribution in [-0.4, -0.2) is 12.2 Å². The minimum Gasteiger partial charge on any atom is -0.328 e. The molecule has 0 aromatic carbocycles. The first-order chi connectivity index (χ1) is 6.27. The molecule has 0 fully saturated rings. The minimum absolute atomic E-state index is 0.400. The standard InChI is InChI=1S/C11H26NP/c1-11(12)9-7-5-3-2-4-6-8-10-13/h11H,2-10,12-13H2,1H3. The van der Waals surface area contributed by atoms with Gasteiger partial charge in [-0.05, 0) is 25.9 Å². The molecule has 0 spiro atoms. The van der Waals surface area contributed by atoms with Crippen molar-refractivity contribution < 1.29 is 0 Å². The molecule has 0 aromatic rings. The number of hydrogen-bond donors (Lipinski definition) is 1. The van der Waals surface area contributed by atoms with Crippen LogP contribution in [0.5, 0.6) is 0 Å². The molecular formula is C11H26NP. The van der Waals surface area contributed by atoms with Gasteiger partial charge in [0, 0.05) is 6.04 Å². The van der Waals surface area contributed by atoms with Gasteiger partial charge >= 0.3 is 0 Å². The van der Waals surface area contributed by atoms with Crippen molar-refractivity contribution >= 4 is 9.24 Å². The molecule has 2 atom stereocenters. The van der Waals surface area contributed by atoms with E-state index in [0.717, 1.165) is 0 Å². The molecule has 2 heteroatoms. The summed E-state index contributed by atoms with van der Waals surface area (Å²) in [6.45, 7) is 2.10. The molecule has 0 aliphatic rings. The second-order valence-electron chi connectivity index (χ2n) is 4.03. The number of hydrogen-bond acceptors (Lipinski definition) is 1. The summed E-state index contributed by atoms with van der Waals surface area (Å²) in [6, 6.07) is 0.400. The van der Waals surface area contributed by atoms with Gasteiger partial charge in [0.05, 0.1) is 0 Å². The van der Waals surface area contributed by atoms with Crippen LogP contribution in [0.3, 0.4) is 0 Å². The lowest BCUT2D eigenvalue weighted by Gasteiger charge is -2.04. The summed E-state index contributed by atoms with van der Waals surface area (Å²) in [7, 11) is 2.79. The van der Waals surface area contributed by atoms with Crippen molar-refractivity contribution in [2.24, 2.45) is 5.73 Å². The maximum Gasteiger partial charge on any atom is 0.00104 e. The molecular weight excluding hydrogens is 177 g/mol. The lowest BCUT2D eigenvalue weighted by Crippen LogP contribution is -2.13. The Balaban J connectivity index is 2.84. The van der Waals surface area contributed by atoms with Crippen LogP contribution in [0, 0.1) is 0 Å². The van der Waals surface area contributed by atoms with E-state index in [2.05, 4.69) is 16.2 Å². The van der Waals surface area contributed by atoms with Gasteiger partial charge in [-0.3, -0.25) is 0 Å². The van der Waals surface area contributed by atoms with Gasteiger partial charge in [0.2, 0.25) is 0 Å². The number of nitrogens with two attached hydrogens (primary N) is 1. The lowest BCUT2D eigenvalue weighted by molar-refractivity contribution is 0.547. The molecule has 0 amide bonds. The van der Waals surface area contributed by atoms with Crippen molar-refractivity contribution in [1.82, 2.24) is 0 Å². The Hall–Kier alpha value is 0.390. The van der Waals surface area contributed by atoms with Crippen LogP contribution in [0.1, 0.15) is 58.3 Å². The highest BCUT2D eigenvalue weighted by Crippen LogP contribution is 2.09. The highest BCUT2D eigenvalue weighted by molar-refractivity contribution is 7.16. The first kappa shape index (κ1) is 13.4. The Morgan fingerprint density at radius 3 is 1.85 bits per heavy atom. The van der Waals surface area contributed by atoms with E-state index in [1.54, 1.807) is 0 Å². The zero-order valence-corrected chi connectivity index (χ0v) is 10.3. The number of unbranched alkanes of at least 4 members (excludes halogenated alkanes) is 6. The van der Waals surface area contributed by atoms with Crippen molar-refractivity contribution in [1.29, 1.82) is 0 Å². The fraction of sp³-hybridized carbons (Fsp3) is 1.00. The third kappa shape index (κ3) is 12.4. The topological polar surface area (TPSA) is 26.0 Å². The Labute approximate surface area is 86.1 Å². The van der Waals surface area contributed by atoms with Gasteiger partial charge in [-0.15, -0.1) is 9.24 Å². The molecule has 0 rings (SSSR count). The molecule has 0 aliphatic carbocycles. The van der Waals surface area contributed by atoms with Crippen molar-refractivity contribution in [3.05, 3.63) is 0 Å². The molecule has 0 radical (unpaired) electrons. The molecule has 1 nitrogen and oxygen atoms in total. The van der Waals surface area contributed by atoms with Crippen LogP contribution in [0.15, 0.2) is 0 Å². The Bertz CT molecular complexity index is 94.1. The molecule has 0 saturated heterocycles. The first-order valence-electron chi connectivity index (χ1n) is 5.73. The maximum absolute atomic E-state index is 5.67. The van der Waals surface area contributed by atoms with Crippen LogP contribution in [0.4, 0.5) is 0 Å². The first-order valence-corrected chi connectivity index (χ1v) is 6.54. The normalized spacial score (nSPS) is 13.2. The largest absolute Gasteiger partial charge is 0.328 e. The molecule has 0 aliphatic heterocycles. The lowest BCUT2D eigenvalue weighted by atomic mass is 10.1. The van der Waals surface area contributed by atoms with Crippen molar-refractivity contribution in [3.8, 4) is 0 Å².